The van der Waals surface area contributed by atoms with Gasteiger partial charge >= 0.3 is 0 Å². The van der Waals surface area contributed by atoms with Gasteiger partial charge in [0.15, 0.2) is 0 Å². The number of hydrogen-bond donors (Lipinski definition) is 0. The molecule has 5 rings (SSSR count). The third-order valence-electron chi connectivity index (χ3n) is 6.37. The van der Waals surface area contributed by atoms with Gasteiger partial charge in [-0.2, -0.15) is 0 Å². The Balaban J connectivity index is 1.63. The second-order valence-corrected chi connectivity index (χ2v) is 8.10. The molecule has 2 amide bonds. The molecule has 3 aromatic carbocycles. The van der Waals surface area contributed by atoms with Crippen LogP contribution in [0.15, 0.2) is 97.1 Å². The highest BCUT2D eigenvalue weighted by Crippen LogP contribution is 2.50. The highest BCUT2D eigenvalue weighted by Gasteiger charge is 2.55. The number of nitro benzene ring substituents is 1. The number of carbonyl (C=O) groups is 2. The van der Waals surface area contributed by atoms with E-state index >= 15 is 0 Å². The molecule has 6 heteroatoms. The lowest BCUT2D eigenvalue weighted by molar-refractivity contribution is -0.384. The summed E-state index contributed by atoms with van der Waals surface area (Å²) in [5.74, 6) is -2.30. The summed E-state index contributed by atoms with van der Waals surface area (Å²) in [5, 5.41) is 11.3. The van der Waals surface area contributed by atoms with Gasteiger partial charge in [0, 0.05) is 24.0 Å². The largest absolute Gasteiger partial charge is 0.274 e. The minimum Gasteiger partial charge on any atom is -0.274 e. The SMILES string of the molecule is O=C1[C@@H]2[C@H](C(=O)N1c1cccc([N+](=O)[O-])c1)[C@H](c1ccccc1)C=C[C@@H]2c1ccccc1. The number of nitrogens with zero attached hydrogens (tertiary/aromatic N) is 2. The molecule has 158 valence electrons. The zero-order chi connectivity index (χ0) is 22.2. The van der Waals surface area contributed by atoms with Gasteiger partial charge in [0.2, 0.25) is 11.8 Å². The minimum atomic E-state index is -0.584. The molecular formula is C26H20N2O4. The molecule has 1 fully saturated rings. The molecule has 6 nitrogen and oxygen atoms in total. The van der Waals surface area contributed by atoms with Crippen LogP contribution in [0.2, 0.25) is 0 Å². The van der Waals surface area contributed by atoms with Gasteiger partial charge in [-0.1, -0.05) is 78.9 Å². The lowest BCUT2D eigenvalue weighted by Crippen LogP contribution is -2.31. The summed E-state index contributed by atoms with van der Waals surface area (Å²) in [7, 11) is 0. The summed E-state index contributed by atoms with van der Waals surface area (Å²) in [6, 6.07) is 25.0. The van der Waals surface area contributed by atoms with Gasteiger partial charge in [-0.3, -0.25) is 19.7 Å². The van der Waals surface area contributed by atoms with Gasteiger partial charge in [-0.05, 0) is 17.2 Å². The van der Waals surface area contributed by atoms with Gasteiger partial charge in [0.1, 0.15) is 0 Å². The van der Waals surface area contributed by atoms with Crippen molar-refractivity contribution < 1.29 is 14.5 Å². The Morgan fingerprint density at radius 2 is 1.19 bits per heavy atom. The first-order chi connectivity index (χ1) is 15.6. The number of fused-ring (bicyclic) bond motifs is 1. The van der Waals surface area contributed by atoms with Crippen LogP contribution in [-0.2, 0) is 9.59 Å². The molecular weight excluding hydrogens is 404 g/mol. The number of imide groups is 1. The Kier molecular flexibility index (Phi) is 4.90. The third-order valence-corrected chi connectivity index (χ3v) is 6.37. The molecule has 1 saturated heterocycles. The summed E-state index contributed by atoms with van der Waals surface area (Å²) in [6.07, 6.45) is 4.05. The van der Waals surface area contributed by atoms with Crippen LogP contribution in [0.25, 0.3) is 0 Å². The Hall–Kier alpha value is -4.06. The van der Waals surface area contributed by atoms with Crippen molar-refractivity contribution in [2.24, 2.45) is 11.8 Å². The van der Waals surface area contributed by atoms with Crippen LogP contribution >= 0.6 is 0 Å². The van der Waals surface area contributed by atoms with Gasteiger partial charge in [0.25, 0.3) is 5.69 Å². The van der Waals surface area contributed by atoms with E-state index in [1.807, 2.05) is 72.8 Å². The summed E-state index contributed by atoms with van der Waals surface area (Å²) in [5.41, 5.74) is 2.01. The molecule has 0 N–H and O–H groups in total. The first-order valence-electron chi connectivity index (χ1n) is 10.5. The number of carbonyl (C=O) groups excluding carboxylic acids is 2. The first kappa shape index (κ1) is 19.9. The van der Waals surface area contributed by atoms with E-state index in [0.717, 1.165) is 16.0 Å². The van der Waals surface area contributed by atoms with Crippen molar-refractivity contribution in [2.75, 3.05) is 4.90 Å². The Bertz CT molecular complexity index is 1160. The van der Waals surface area contributed by atoms with Crippen molar-refractivity contribution in [1.82, 2.24) is 0 Å². The molecule has 0 bridgehead atoms. The molecule has 1 aliphatic carbocycles. The second kappa shape index (κ2) is 7.89. The minimum absolute atomic E-state index is 0.157. The van der Waals surface area contributed by atoms with Crippen molar-refractivity contribution in [1.29, 1.82) is 0 Å². The predicted molar refractivity (Wildman–Crippen MR) is 120 cm³/mol. The Labute approximate surface area is 184 Å². The van der Waals surface area contributed by atoms with Crippen LogP contribution in [0.3, 0.4) is 0 Å². The number of non-ortho nitro benzene ring substituents is 1. The molecule has 4 atom stereocenters. The number of benzene rings is 3. The molecule has 3 aromatic rings. The summed E-state index contributed by atoms with van der Waals surface area (Å²) in [4.78, 5) is 39.3. The average molecular weight is 424 g/mol. The van der Waals surface area contributed by atoms with Gasteiger partial charge < -0.3 is 0 Å². The molecule has 0 aromatic heterocycles. The Morgan fingerprint density at radius 3 is 1.66 bits per heavy atom. The fourth-order valence-electron chi connectivity index (χ4n) is 4.93. The molecule has 0 radical (unpaired) electrons. The maximum atomic E-state index is 13.7. The van der Waals surface area contributed by atoms with Gasteiger partial charge in [0.05, 0.1) is 22.4 Å². The van der Waals surface area contributed by atoms with Crippen LogP contribution in [0, 0.1) is 22.0 Å². The maximum absolute atomic E-state index is 13.7. The fourth-order valence-corrected chi connectivity index (χ4v) is 4.93. The van der Waals surface area contributed by atoms with Crippen molar-refractivity contribution in [2.45, 2.75) is 11.8 Å². The summed E-state index contributed by atoms with van der Waals surface area (Å²) in [6.45, 7) is 0. The number of rotatable bonds is 4. The molecule has 1 heterocycles. The zero-order valence-electron chi connectivity index (χ0n) is 17.1. The van der Waals surface area contributed by atoms with E-state index in [4.69, 9.17) is 0 Å². The summed E-state index contributed by atoms with van der Waals surface area (Å²) < 4.78 is 0. The second-order valence-electron chi connectivity index (χ2n) is 8.10. The highest BCUT2D eigenvalue weighted by atomic mass is 16.6. The topological polar surface area (TPSA) is 80.5 Å². The number of anilines is 1. The number of hydrogen-bond acceptors (Lipinski definition) is 4. The number of allylic oxidation sites excluding steroid dienone is 2. The molecule has 0 spiro atoms. The number of amides is 2. The van der Waals surface area contributed by atoms with E-state index < -0.39 is 16.8 Å². The normalized spacial score (nSPS) is 24.4. The predicted octanol–water partition coefficient (Wildman–Crippen LogP) is 4.84. The van der Waals surface area contributed by atoms with Gasteiger partial charge in [-0.25, -0.2) is 4.90 Å². The zero-order valence-corrected chi connectivity index (χ0v) is 17.1. The molecule has 32 heavy (non-hydrogen) atoms. The van der Waals surface area contributed by atoms with E-state index in [1.54, 1.807) is 6.07 Å². The summed E-state index contributed by atoms with van der Waals surface area (Å²) >= 11 is 0. The lowest BCUT2D eigenvalue weighted by atomic mass is 9.68. The quantitative estimate of drug-likeness (QED) is 0.260. The van der Waals surface area contributed by atoms with Crippen molar-refractivity contribution >= 4 is 23.2 Å². The molecule has 1 aliphatic heterocycles. The van der Waals surface area contributed by atoms with Crippen LogP contribution in [0.5, 0.6) is 0 Å². The molecule has 0 saturated carbocycles. The van der Waals surface area contributed by atoms with E-state index in [2.05, 4.69) is 0 Å². The first-order valence-corrected chi connectivity index (χ1v) is 10.5. The highest BCUT2D eigenvalue weighted by molar-refractivity contribution is 6.23. The van der Waals surface area contributed by atoms with E-state index in [0.29, 0.717) is 0 Å². The van der Waals surface area contributed by atoms with Crippen molar-refractivity contribution in [3.05, 3.63) is 118 Å². The van der Waals surface area contributed by atoms with Crippen LogP contribution in [-0.4, -0.2) is 16.7 Å². The maximum Gasteiger partial charge on any atom is 0.271 e. The van der Waals surface area contributed by atoms with E-state index in [9.17, 15) is 19.7 Å². The smallest absolute Gasteiger partial charge is 0.271 e. The molecule has 0 unspecified atom stereocenters. The van der Waals surface area contributed by atoms with Crippen LogP contribution in [0.4, 0.5) is 11.4 Å². The van der Waals surface area contributed by atoms with Crippen LogP contribution < -0.4 is 4.90 Å². The van der Waals surface area contributed by atoms with Crippen molar-refractivity contribution in [3.8, 4) is 0 Å². The van der Waals surface area contributed by atoms with E-state index in [1.165, 1.54) is 18.2 Å². The third kappa shape index (κ3) is 3.21. The number of nitro groups is 1. The van der Waals surface area contributed by atoms with Crippen LogP contribution in [0.1, 0.15) is 23.0 Å². The standard InChI is InChI=1S/C26H20N2O4/c29-25-23-21(17-8-3-1-4-9-17)14-15-22(18-10-5-2-6-11-18)24(23)26(30)27(25)19-12-7-13-20(16-19)28(31)32/h1-16,21-24H/t21-,22+,23+,24-. The lowest BCUT2D eigenvalue weighted by Gasteiger charge is -2.32. The van der Waals surface area contributed by atoms with Gasteiger partial charge in [-0.15, -0.1) is 0 Å². The monoisotopic (exact) mass is 424 g/mol. The van der Waals surface area contributed by atoms with Crippen molar-refractivity contribution in [3.63, 3.8) is 0 Å². The fraction of sp³-hybridized carbons (Fsp3) is 0.154. The molecule has 2 aliphatic rings. The Morgan fingerprint density at radius 1 is 0.688 bits per heavy atom. The van der Waals surface area contributed by atoms with E-state index in [-0.39, 0.29) is 35.0 Å². The average Bonchev–Trinajstić information content (AvgIpc) is 3.10.